The maximum Gasteiger partial charge on any atom is 0.135 e. The summed E-state index contributed by atoms with van der Waals surface area (Å²) in [6.07, 6.45) is 1.18. The van der Waals surface area contributed by atoms with Gasteiger partial charge >= 0.3 is 0 Å². The van der Waals surface area contributed by atoms with Crippen LogP contribution in [-0.4, -0.2) is 13.3 Å². The zero-order valence-electron chi connectivity index (χ0n) is 6.42. The molecule has 0 atom stereocenters. The molecule has 0 fully saturated rings. The van der Waals surface area contributed by atoms with E-state index < -0.39 is 11.6 Å². The third-order valence-corrected chi connectivity index (χ3v) is 1.26. The highest BCUT2D eigenvalue weighted by Gasteiger charge is 1.99. The standard InChI is InChI=1S/C8H7F2NO/c1-12-11-5-6-2-3-7(9)4-8(6)10/h2-5H,1H3. The molecule has 0 saturated carbocycles. The summed E-state index contributed by atoms with van der Waals surface area (Å²) >= 11 is 0. The van der Waals surface area contributed by atoms with Gasteiger partial charge in [0.1, 0.15) is 18.7 Å². The van der Waals surface area contributed by atoms with Crippen molar-refractivity contribution >= 4 is 6.21 Å². The van der Waals surface area contributed by atoms with E-state index in [1.807, 2.05) is 0 Å². The first-order valence-corrected chi connectivity index (χ1v) is 3.25. The maximum absolute atomic E-state index is 12.8. The van der Waals surface area contributed by atoms with Crippen LogP contribution in [0.3, 0.4) is 0 Å². The SMILES string of the molecule is CON=Cc1ccc(F)cc1F. The zero-order chi connectivity index (χ0) is 8.97. The largest absolute Gasteiger partial charge is 0.399 e. The molecule has 0 bridgehead atoms. The van der Waals surface area contributed by atoms with E-state index in [4.69, 9.17) is 0 Å². The number of hydrogen-bond acceptors (Lipinski definition) is 2. The van der Waals surface area contributed by atoms with E-state index in [1.54, 1.807) is 0 Å². The van der Waals surface area contributed by atoms with Crippen LogP contribution in [0.5, 0.6) is 0 Å². The molecule has 0 unspecified atom stereocenters. The fraction of sp³-hybridized carbons (Fsp3) is 0.125. The summed E-state index contributed by atoms with van der Waals surface area (Å²) in [6.45, 7) is 0. The monoisotopic (exact) mass is 171 g/mol. The average molecular weight is 171 g/mol. The molecule has 0 saturated heterocycles. The molecule has 0 aliphatic heterocycles. The quantitative estimate of drug-likeness (QED) is 0.492. The van der Waals surface area contributed by atoms with Crippen molar-refractivity contribution in [2.24, 2.45) is 5.16 Å². The van der Waals surface area contributed by atoms with E-state index in [0.717, 1.165) is 12.1 Å². The molecule has 0 aliphatic carbocycles. The van der Waals surface area contributed by atoms with Crippen LogP contribution < -0.4 is 0 Å². The minimum atomic E-state index is -0.657. The maximum atomic E-state index is 12.8. The van der Waals surface area contributed by atoms with Crippen LogP contribution in [0.1, 0.15) is 5.56 Å². The average Bonchev–Trinajstić information content (AvgIpc) is 2.03. The van der Waals surface area contributed by atoms with Crippen molar-refractivity contribution in [3.63, 3.8) is 0 Å². The van der Waals surface area contributed by atoms with Gasteiger partial charge in [-0.1, -0.05) is 5.16 Å². The van der Waals surface area contributed by atoms with E-state index in [-0.39, 0.29) is 5.56 Å². The summed E-state index contributed by atoms with van der Waals surface area (Å²) in [4.78, 5) is 4.34. The molecule has 4 heteroatoms. The fourth-order valence-electron chi connectivity index (χ4n) is 0.716. The molecule has 0 amide bonds. The van der Waals surface area contributed by atoms with Gasteiger partial charge in [0.25, 0.3) is 0 Å². The van der Waals surface area contributed by atoms with Gasteiger partial charge in [0.15, 0.2) is 0 Å². The summed E-state index contributed by atoms with van der Waals surface area (Å²) in [5.41, 5.74) is 0.193. The third-order valence-electron chi connectivity index (χ3n) is 1.26. The van der Waals surface area contributed by atoms with Crippen LogP contribution in [0.4, 0.5) is 8.78 Å². The van der Waals surface area contributed by atoms with Crippen molar-refractivity contribution < 1.29 is 13.6 Å². The number of rotatable bonds is 2. The van der Waals surface area contributed by atoms with Crippen LogP contribution in [0.25, 0.3) is 0 Å². The zero-order valence-corrected chi connectivity index (χ0v) is 6.42. The van der Waals surface area contributed by atoms with E-state index in [2.05, 4.69) is 9.99 Å². The first-order valence-electron chi connectivity index (χ1n) is 3.25. The molecule has 0 aromatic heterocycles. The highest BCUT2D eigenvalue weighted by atomic mass is 19.1. The van der Waals surface area contributed by atoms with Crippen LogP contribution in [0.2, 0.25) is 0 Å². The molecular formula is C8H7F2NO. The first kappa shape index (κ1) is 8.64. The number of hydrogen-bond donors (Lipinski definition) is 0. The molecule has 12 heavy (non-hydrogen) atoms. The smallest absolute Gasteiger partial charge is 0.135 e. The Bertz CT molecular complexity index is 299. The van der Waals surface area contributed by atoms with Crippen LogP contribution in [-0.2, 0) is 4.84 Å². The molecule has 0 radical (unpaired) electrons. The van der Waals surface area contributed by atoms with Gasteiger partial charge in [-0.2, -0.15) is 0 Å². The Balaban J connectivity index is 2.94. The number of oxime groups is 1. The Morgan fingerprint density at radius 2 is 2.17 bits per heavy atom. The summed E-state index contributed by atoms with van der Waals surface area (Å²) in [6, 6.07) is 3.23. The summed E-state index contributed by atoms with van der Waals surface area (Å²) in [5.74, 6) is -1.27. The van der Waals surface area contributed by atoms with Gasteiger partial charge in [0, 0.05) is 11.6 Å². The van der Waals surface area contributed by atoms with E-state index in [1.165, 1.54) is 19.4 Å². The predicted molar refractivity (Wildman–Crippen MR) is 41.0 cm³/mol. The Morgan fingerprint density at radius 3 is 2.75 bits per heavy atom. The molecule has 1 aromatic rings. The molecule has 0 aliphatic rings. The third kappa shape index (κ3) is 2.02. The summed E-state index contributed by atoms with van der Waals surface area (Å²) < 4.78 is 25.1. The predicted octanol–water partition coefficient (Wildman–Crippen LogP) is 1.95. The van der Waals surface area contributed by atoms with Crippen molar-refractivity contribution in [3.8, 4) is 0 Å². The molecule has 0 spiro atoms. The van der Waals surface area contributed by atoms with Crippen molar-refractivity contribution in [1.82, 2.24) is 0 Å². The summed E-state index contributed by atoms with van der Waals surface area (Å²) in [7, 11) is 1.35. The minimum absolute atomic E-state index is 0.193. The second-order valence-electron chi connectivity index (χ2n) is 2.08. The highest BCUT2D eigenvalue weighted by molar-refractivity contribution is 5.79. The molecule has 64 valence electrons. The number of benzene rings is 1. The van der Waals surface area contributed by atoms with Crippen molar-refractivity contribution in [1.29, 1.82) is 0 Å². The molecule has 0 heterocycles. The highest BCUT2D eigenvalue weighted by Crippen LogP contribution is 2.06. The summed E-state index contributed by atoms with van der Waals surface area (Å²) in [5, 5.41) is 3.35. The van der Waals surface area contributed by atoms with E-state index >= 15 is 0 Å². The molecule has 2 nitrogen and oxygen atoms in total. The lowest BCUT2D eigenvalue weighted by atomic mass is 10.2. The van der Waals surface area contributed by atoms with Gasteiger partial charge in [-0.25, -0.2) is 8.78 Å². The lowest BCUT2D eigenvalue weighted by Crippen LogP contribution is -1.89. The molecular weight excluding hydrogens is 164 g/mol. The van der Waals surface area contributed by atoms with E-state index in [9.17, 15) is 8.78 Å². The van der Waals surface area contributed by atoms with Crippen molar-refractivity contribution in [2.75, 3.05) is 7.11 Å². The topological polar surface area (TPSA) is 21.6 Å². The second-order valence-corrected chi connectivity index (χ2v) is 2.08. The van der Waals surface area contributed by atoms with Gasteiger partial charge in [0.2, 0.25) is 0 Å². The number of nitrogens with zero attached hydrogens (tertiary/aromatic N) is 1. The van der Waals surface area contributed by atoms with Gasteiger partial charge in [0.05, 0.1) is 6.21 Å². The minimum Gasteiger partial charge on any atom is -0.399 e. The first-order chi connectivity index (χ1) is 5.74. The fourth-order valence-corrected chi connectivity index (χ4v) is 0.716. The normalized spacial score (nSPS) is 10.6. The van der Waals surface area contributed by atoms with Crippen LogP contribution in [0.15, 0.2) is 23.4 Å². The van der Waals surface area contributed by atoms with Crippen LogP contribution in [0, 0.1) is 11.6 Å². The molecule has 0 N–H and O–H groups in total. The van der Waals surface area contributed by atoms with Gasteiger partial charge in [-0.3, -0.25) is 0 Å². The number of halogens is 2. The van der Waals surface area contributed by atoms with E-state index in [0.29, 0.717) is 0 Å². The Hall–Kier alpha value is -1.45. The Kier molecular flexibility index (Phi) is 2.74. The van der Waals surface area contributed by atoms with Gasteiger partial charge in [-0.15, -0.1) is 0 Å². The lowest BCUT2D eigenvalue weighted by molar-refractivity contribution is 0.215. The van der Waals surface area contributed by atoms with Gasteiger partial charge in [-0.05, 0) is 12.1 Å². The van der Waals surface area contributed by atoms with Crippen molar-refractivity contribution in [3.05, 3.63) is 35.4 Å². The van der Waals surface area contributed by atoms with Crippen LogP contribution >= 0.6 is 0 Å². The lowest BCUT2D eigenvalue weighted by Gasteiger charge is -1.94. The van der Waals surface area contributed by atoms with Gasteiger partial charge < -0.3 is 4.84 Å². The molecule has 1 aromatic carbocycles. The molecule has 1 rings (SSSR count). The Labute approximate surface area is 68.5 Å². The Morgan fingerprint density at radius 1 is 1.42 bits per heavy atom. The second kappa shape index (κ2) is 3.80. The van der Waals surface area contributed by atoms with Crippen molar-refractivity contribution in [2.45, 2.75) is 0 Å².